The van der Waals surface area contributed by atoms with E-state index in [9.17, 15) is 4.79 Å². The van der Waals surface area contributed by atoms with Crippen LogP contribution in [0.3, 0.4) is 0 Å². The molecule has 4 rings (SSSR count). The topological polar surface area (TPSA) is 52.3 Å². The Bertz CT molecular complexity index is 1160. The molecule has 1 amide bonds. The molecule has 26 heavy (non-hydrogen) atoms. The van der Waals surface area contributed by atoms with Crippen molar-refractivity contribution < 1.29 is 9.53 Å². The number of carbonyl (C=O) groups excluding carboxylic acids is 1. The van der Waals surface area contributed by atoms with Crippen molar-refractivity contribution in [1.29, 1.82) is 0 Å². The maximum absolute atomic E-state index is 12.4. The highest BCUT2D eigenvalue weighted by atomic mass is 16.5. The van der Waals surface area contributed by atoms with Gasteiger partial charge in [0, 0.05) is 5.56 Å². The fraction of sp³-hybridized carbons (Fsp3) is 0.0870. The van der Waals surface area contributed by atoms with Crippen LogP contribution in [-0.4, -0.2) is 13.0 Å². The highest BCUT2D eigenvalue weighted by molar-refractivity contribution is 6.12. The lowest BCUT2D eigenvalue weighted by atomic mass is 9.88. The number of rotatable bonds is 3. The average Bonchev–Trinajstić information content (AvgIpc) is 2.66. The predicted octanol–water partition coefficient (Wildman–Crippen LogP) is 5.08. The van der Waals surface area contributed by atoms with E-state index < -0.39 is 5.91 Å². The molecule has 0 radical (unpaired) electrons. The molecule has 0 aromatic heterocycles. The summed E-state index contributed by atoms with van der Waals surface area (Å²) in [6, 6.07) is 22.1. The number of hydrogen-bond donors (Lipinski definition) is 1. The highest BCUT2D eigenvalue weighted by Crippen LogP contribution is 2.41. The van der Waals surface area contributed by atoms with Crippen molar-refractivity contribution in [2.45, 2.75) is 6.92 Å². The van der Waals surface area contributed by atoms with Crippen LogP contribution < -0.4 is 10.5 Å². The molecule has 3 nitrogen and oxygen atoms in total. The molecule has 128 valence electrons. The molecule has 0 spiro atoms. The summed E-state index contributed by atoms with van der Waals surface area (Å²) in [5, 5.41) is 4.22. The van der Waals surface area contributed by atoms with Crippen molar-refractivity contribution in [1.82, 2.24) is 0 Å². The molecule has 0 unspecified atom stereocenters. The number of benzene rings is 4. The van der Waals surface area contributed by atoms with Crippen molar-refractivity contribution in [2.75, 3.05) is 7.11 Å². The zero-order chi connectivity index (χ0) is 18.3. The minimum Gasteiger partial charge on any atom is -0.496 e. The van der Waals surface area contributed by atoms with Crippen LogP contribution in [0.25, 0.3) is 32.7 Å². The Kier molecular flexibility index (Phi) is 3.85. The molecule has 0 bridgehead atoms. The maximum atomic E-state index is 12.4. The number of amides is 1. The Hall–Kier alpha value is -3.33. The van der Waals surface area contributed by atoms with Gasteiger partial charge in [-0.3, -0.25) is 4.79 Å². The molecule has 0 atom stereocenters. The zero-order valence-electron chi connectivity index (χ0n) is 14.7. The van der Waals surface area contributed by atoms with Crippen molar-refractivity contribution in [2.24, 2.45) is 5.73 Å². The molecule has 0 fully saturated rings. The number of aryl methyl sites for hydroxylation is 1. The Balaban J connectivity index is 2.21. The smallest absolute Gasteiger partial charge is 0.249 e. The third kappa shape index (κ3) is 2.40. The minimum atomic E-state index is -0.432. The first kappa shape index (κ1) is 16.2. The SMILES string of the molecule is COc1ccc2ccccc2c1-c1cc2ccccc2c(C)c1C(N)=O. The van der Waals surface area contributed by atoms with Crippen LogP contribution in [-0.2, 0) is 0 Å². The van der Waals surface area contributed by atoms with Crippen LogP contribution in [0, 0.1) is 6.92 Å². The Morgan fingerprint density at radius 3 is 2.23 bits per heavy atom. The van der Waals surface area contributed by atoms with Gasteiger partial charge in [-0.2, -0.15) is 0 Å². The molecule has 0 aliphatic heterocycles. The van der Waals surface area contributed by atoms with Gasteiger partial charge >= 0.3 is 0 Å². The average molecular weight is 341 g/mol. The Labute approximate surface area is 152 Å². The molecule has 0 saturated carbocycles. The summed E-state index contributed by atoms with van der Waals surface area (Å²) in [5.74, 6) is 0.291. The normalized spacial score (nSPS) is 11.0. The van der Waals surface area contributed by atoms with E-state index in [1.54, 1.807) is 7.11 Å². The van der Waals surface area contributed by atoms with Crippen LogP contribution in [0.15, 0.2) is 66.7 Å². The molecule has 0 saturated heterocycles. The van der Waals surface area contributed by atoms with Gasteiger partial charge in [0.1, 0.15) is 5.75 Å². The summed E-state index contributed by atoms with van der Waals surface area (Å²) in [5.41, 5.74) is 8.93. The van der Waals surface area contributed by atoms with Crippen LogP contribution in [0.5, 0.6) is 5.75 Å². The molecule has 4 aromatic carbocycles. The van der Waals surface area contributed by atoms with E-state index in [1.165, 1.54) is 0 Å². The summed E-state index contributed by atoms with van der Waals surface area (Å²) >= 11 is 0. The molecular formula is C23H19NO2. The van der Waals surface area contributed by atoms with Gasteiger partial charge in [0.05, 0.1) is 12.7 Å². The van der Waals surface area contributed by atoms with Crippen molar-refractivity contribution >= 4 is 27.5 Å². The lowest BCUT2D eigenvalue weighted by Crippen LogP contribution is -2.15. The van der Waals surface area contributed by atoms with Crippen LogP contribution in [0.1, 0.15) is 15.9 Å². The monoisotopic (exact) mass is 341 g/mol. The van der Waals surface area contributed by atoms with Crippen molar-refractivity contribution in [3.8, 4) is 16.9 Å². The molecular weight excluding hydrogens is 322 g/mol. The van der Waals surface area contributed by atoms with Gasteiger partial charge in [-0.25, -0.2) is 0 Å². The molecule has 3 heteroatoms. The van der Waals surface area contributed by atoms with E-state index in [4.69, 9.17) is 10.5 Å². The highest BCUT2D eigenvalue weighted by Gasteiger charge is 2.20. The summed E-state index contributed by atoms with van der Waals surface area (Å²) in [4.78, 5) is 12.4. The predicted molar refractivity (Wildman–Crippen MR) is 107 cm³/mol. The van der Waals surface area contributed by atoms with E-state index in [1.807, 2.05) is 67.6 Å². The first-order valence-electron chi connectivity index (χ1n) is 8.50. The maximum Gasteiger partial charge on any atom is 0.249 e. The molecule has 0 aliphatic carbocycles. The van der Waals surface area contributed by atoms with E-state index in [0.717, 1.165) is 44.0 Å². The van der Waals surface area contributed by atoms with Crippen molar-refractivity contribution in [3.05, 3.63) is 77.9 Å². The fourth-order valence-electron chi connectivity index (χ4n) is 3.74. The minimum absolute atomic E-state index is 0.432. The number of nitrogens with two attached hydrogens (primary N) is 1. The second-order valence-corrected chi connectivity index (χ2v) is 6.37. The largest absolute Gasteiger partial charge is 0.496 e. The van der Waals surface area contributed by atoms with Crippen LogP contribution in [0.4, 0.5) is 0 Å². The molecule has 2 N–H and O–H groups in total. The number of methoxy groups -OCH3 is 1. The van der Waals surface area contributed by atoms with Gasteiger partial charge < -0.3 is 10.5 Å². The number of fused-ring (bicyclic) bond motifs is 2. The van der Waals surface area contributed by atoms with Gasteiger partial charge in [0.15, 0.2) is 0 Å². The summed E-state index contributed by atoms with van der Waals surface area (Å²) in [7, 11) is 1.64. The number of primary amides is 1. The van der Waals surface area contributed by atoms with Gasteiger partial charge in [-0.1, -0.05) is 54.6 Å². The Morgan fingerprint density at radius 1 is 0.885 bits per heavy atom. The quantitative estimate of drug-likeness (QED) is 0.565. The van der Waals surface area contributed by atoms with Gasteiger partial charge in [-0.15, -0.1) is 0 Å². The van der Waals surface area contributed by atoms with E-state index in [2.05, 4.69) is 6.07 Å². The number of carbonyl (C=O) groups is 1. The first-order chi connectivity index (χ1) is 12.6. The van der Waals surface area contributed by atoms with Crippen LogP contribution >= 0.6 is 0 Å². The summed E-state index contributed by atoms with van der Waals surface area (Å²) < 4.78 is 5.64. The molecule has 4 aromatic rings. The van der Waals surface area contributed by atoms with Crippen LogP contribution in [0.2, 0.25) is 0 Å². The molecule has 0 aliphatic rings. The zero-order valence-corrected chi connectivity index (χ0v) is 14.7. The lowest BCUT2D eigenvalue weighted by molar-refractivity contribution is 0.100. The number of ether oxygens (including phenoxy) is 1. The van der Waals surface area contributed by atoms with Crippen molar-refractivity contribution in [3.63, 3.8) is 0 Å². The molecule has 0 heterocycles. The second-order valence-electron chi connectivity index (χ2n) is 6.37. The van der Waals surface area contributed by atoms with E-state index in [0.29, 0.717) is 5.56 Å². The standard InChI is InChI=1S/C23H19NO2/c1-14-17-9-5-4-8-16(17)13-19(21(14)23(24)25)22-18-10-6-3-7-15(18)11-12-20(22)26-2/h3-13H,1-2H3,(H2,24,25). The van der Waals surface area contributed by atoms with Gasteiger partial charge in [0.2, 0.25) is 5.91 Å². The van der Waals surface area contributed by atoms with E-state index >= 15 is 0 Å². The summed E-state index contributed by atoms with van der Waals surface area (Å²) in [6.45, 7) is 1.95. The first-order valence-corrected chi connectivity index (χ1v) is 8.50. The number of hydrogen-bond acceptors (Lipinski definition) is 2. The Morgan fingerprint density at radius 2 is 1.54 bits per heavy atom. The second kappa shape index (κ2) is 6.19. The van der Waals surface area contributed by atoms with Gasteiger partial charge in [0.25, 0.3) is 0 Å². The lowest BCUT2D eigenvalue weighted by Gasteiger charge is -2.18. The fourth-order valence-corrected chi connectivity index (χ4v) is 3.74. The van der Waals surface area contributed by atoms with Gasteiger partial charge in [-0.05, 0) is 51.7 Å². The van der Waals surface area contributed by atoms with E-state index in [-0.39, 0.29) is 0 Å². The summed E-state index contributed by atoms with van der Waals surface area (Å²) in [6.07, 6.45) is 0. The third-order valence-corrected chi connectivity index (χ3v) is 4.94. The third-order valence-electron chi connectivity index (χ3n) is 4.94.